The van der Waals surface area contributed by atoms with Crippen LogP contribution in [0.4, 0.5) is 0 Å². The molecular formula is C12H23NO3S. The quantitative estimate of drug-likeness (QED) is 0.735. The number of rotatable bonds is 6. The highest BCUT2D eigenvalue weighted by Crippen LogP contribution is 2.24. The first-order chi connectivity index (χ1) is 8.06. The Hall–Kier alpha value is -0.260. The zero-order valence-electron chi connectivity index (χ0n) is 10.7. The molecule has 1 unspecified atom stereocenters. The van der Waals surface area contributed by atoms with E-state index in [1.807, 2.05) is 11.8 Å². The van der Waals surface area contributed by atoms with Crippen molar-refractivity contribution < 1.29 is 14.3 Å². The first-order valence-electron chi connectivity index (χ1n) is 6.21. The lowest BCUT2D eigenvalue weighted by Crippen LogP contribution is -2.46. The number of thioether (sulfide) groups is 1. The van der Waals surface area contributed by atoms with E-state index in [0.717, 1.165) is 31.8 Å². The molecule has 0 amide bonds. The van der Waals surface area contributed by atoms with E-state index in [1.165, 1.54) is 0 Å². The van der Waals surface area contributed by atoms with Gasteiger partial charge >= 0.3 is 5.97 Å². The molecule has 100 valence electrons. The second-order valence-electron chi connectivity index (χ2n) is 4.57. The minimum atomic E-state index is -0.853. The Balaban J connectivity index is 2.21. The van der Waals surface area contributed by atoms with Gasteiger partial charge in [0.2, 0.25) is 0 Å². The van der Waals surface area contributed by atoms with E-state index < -0.39 is 5.54 Å². The molecule has 0 aromatic rings. The van der Waals surface area contributed by atoms with Gasteiger partial charge in [0.25, 0.3) is 0 Å². The molecule has 0 bridgehead atoms. The summed E-state index contributed by atoms with van der Waals surface area (Å²) in [7, 11) is 0. The predicted octanol–water partition coefficient (Wildman–Crippen LogP) is 1.57. The van der Waals surface area contributed by atoms with Crippen molar-refractivity contribution in [3.8, 4) is 0 Å². The van der Waals surface area contributed by atoms with Gasteiger partial charge in [-0.25, -0.2) is 0 Å². The summed E-state index contributed by atoms with van der Waals surface area (Å²) in [5, 5.41) is 0.654. The van der Waals surface area contributed by atoms with Crippen LogP contribution in [-0.4, -0.2) is 42.3 Å². The van der Waals surface area contributed by atoms with Crippen molar-refractivity contribution in [2.75, 3.05) is 25.6 Å². The van der Waals surface area contributed by atoms with Gasteiger partial charge in [-0.3, -0.25) is 4.79 Å². The second kappa shape index (κ2) is 7.24. The molecule has 1 heterocycles. The Morgan fingerprint density at radius 2 is 2.18 bits per heavy atom. The lowest BCUT2D eigenvalue weighted by molar-refractivity contribution is -0.149. The molecule has 5 heteroatoms. The number of nitrogens with two attached hydrogens (primary N) is 1. The summed E-state index contributed by atoms with van der Waals surface area (Å²) in [6, 6.07) is 0. The smallest absolute Gasteiger partial charge is 0.325 e. The average Bonchev–Trinajstić information content (AvgIpc) is 2.30. The van der Waals surface area contributed by atoms with Crippen molar-refractivity contribution in [1.82, 2.24) is 0 Å². The third kappa shape index (κ3) is 5.27. The van der Waals surface area contributed by atoms with E-state index in [1.54, 1.807) is 13.8 Å². The van der Waals surface area contributed by atoms with Crippen LogP contribution in [0, 0.1) is 0 Å². The summed E-state index contributed by atoms with van der Waals surface area (Å²) >= 11 is 1.89. The zero-order chi connectivity index (χ0) is 12.7. The largest absolute Gasteiger partial charge is 0.465 e. The molecule has 4 nitrogen and oxygen atoms in total. The number of carbonyl (C=O) groups excluding carboxylic acids is 1. The van der Waals surface area contributed by atoms with E-state index in [-0.39, 0.29) is 5.97 Å². The highest BCUT2D eigenvalue weighted by Gasteiger charge is 2.29. The molecule has 0 radical (unpaired) electrons. The van der Waals surface area contributed by atoms with Crippen molar-refractivity contribution in [2.24, 2.45) is 5.73 Å². The minimum Gasteiger partial charge on any atom is -0.465 e. The highest BCUT2D eigenvalue weighted by molar-refractivity contribution is 7.99. The fraction of sp³-hybridized carbons (Fsp3) is 0.917. The Bertz CT molecular complexity index is 240. The number of ether oxygens (including phenoxy) is 2. The van der Waals surface area contributed by atoms with Gasteiger partial charge in [-0.1, -0.05) is 0 Å². The van der Waals surface area contributed by atoms with Gasteiger partial charge in [0.1, 0.15) is 5.54 Å². The summed E-state index contributed by atoms with van der Waals surface area (Å²) in [6.45, 7) is 5.64. The summed E-state index contributed by atoms with van der Waals surface area (Å²) in [5.41, 5.74) is 5.10. The van der Waals surface area contributed by atoms with Gasteiger partial charge in [-0.2, -0.15) is 11.8 Å². The molecule has 0 aromatic heterocycles. The normalized spacial score (nSPS) is 20.9. The molecule has 1 aliphatic rings. The topological polar surface area (TPSA) is 61.5 Å². The monoisotopic (exact) mass is 261 g/mol. The van der Waals surface area contributed by atoms with Crippen molar-refractivity contribution in [3.05, 3.63) is 0 Å². The van der Waals surface area contributed by atoms with Crippen LogP contribution in [-0.2, 0) is 14.3 Å². The number of hydrogen-bond donors (Lipinski definition) is 1. The molecule has 1 aliphatic heterocycles. The van der Waals surface area contributed by atoms with Crippen LogP contribution in [0.15, 0.2) is 0 Å². The van der Waals surface area contributed by atoms with Gasteiger partial charge < -0.3 is 15.2 Å². The maximum Gasteiger partial charge on any atom is 0.325 e. The third-order valence-corrected chi connectivity index (χ3v) is 4.27. The Kier molecular flexibility index (Phi) is 6.30. The van der Waals surface area contributed by atoms with E-state index in [2.05, 4.69) is 0 Å². The Morgan fingerprint density at radius 1 is 1.53 bits per heavy atom. The summed E-state index contributed by atoms with van der Waals surface area (Å²) < 4.78 is 10.3. The number of carbonyl (C=O) groups is 1. The highest BCUT2D eigenvalue weighted by atomic mass is 32.2. The number of esters is 1. The van der Waals surface area contributed by atoms with Gasteiger partial charge in [-0.15, -0.1) is 0 Å². The lowest BCUT2D eigenvalue weighted by atomic mass is 10.0. The van der Waals surface area contributed by atoms with Crippen LogP contribution in [0.1, 0.15) is 33.1 Å². The van der Waals surface area contributed by atoms with E-state index in [0.29, 0.717) is 18.3 Å². The van der Waals surface area contributed by atoms with Crippen LogP contribution >= 0.6 is 11.8 Å². The summed E-state index contributed by atoms with van der Waals surface area (Å²) in [4.78, 5) is 11.6. The second-order valence-corrected chi connectivity index (χ2v) is 5.98. The molecule has 1 atom stereocenters. The maximum atomic E-state index is 11.6. The van der Waals surface area contributed by atoms with Crippen LogP contribution in [0.5, 0.6) is 0 Å². The number of hydrogen-bond acceptors (Lipinski definition) is 5. The molecule has 0 saturated carbocycles. The van der Waals surface area contributed by atoms with Gasteiger partial charge in [0.05, 0.1) is 6.61 Å². The Morgan fingerprint density at radius 3 is 2.76 bits per heavy atom. The SMILES string of the molecule is CCOC(=O)C(C)(N)CCSC1CCOCC1. The molecule has 1 saturated heterocycles. The maximum absolute atomic E-state index is 11.6. The van der Waals surface area contributed by atoms with E-state index >= 15 is 0 Å². The molecular weight excluding hydrogens is 238 g/mol. The molecule has 2 N–H and O–H groups in total. The predicted molar refractivity (Wildman–Crippen MR) is 70.1 cm³/mol. The van der Waals surface area contributed by atoms with Crippen molar-refractivity contribution in [1.29, 1.82) is 0 Å². The third-order valence-electron chi connectivity index (χ3n) is 2.89. The molecule has 0 spiro atoms. The lowest BCUT2D eigenvalue weighted by Gasteiger charge is -2.25. The fourth-order valence-corrected chi connectivity index (χ4v) is 3.08. The van der Waals surface area contributed by atoms with E-state index in [9.17, 15) is 4.79 Å². The zero-order valence-corrected chi connectivity index (χ0v) is 11.6. The fourth-order valence-electron chi connectivity index (χ4n) is 1.68. The standard InChI is InChI=1S/C12H23NO3S/c1-3-16-11(14)12(2,13)6-9-17-10-4-7-15-8-5-10/h10H,3-9,13H2,1-2H3. The van der Waals surface area contributed by atoms with Crippen LogP contribution < -0.4 is 5.73 Å². The van der Waals surface area contributed by atoms with Crippen LogP contribution in [0.25, 0.3) is 0 Å². The van der Waals surface area contributed by atoms with Gasteiger partial charge in [0, 0.05) is 18.5 Å². The summed E-state index contributed by atoms with van der Waals surface area (Å²) in [6.07, 6.45) is 2.87. The molecule has 1 rings (SSSR count). The van der Waals surface area contributed by atoms with Crippen molar-refractivity contribution >= 4 is 17.7 Å². The van der Waals surface area contributed by atoms with Gasteiger partial charge in [-0.05, 0) is 38.9 Å². The molecule has 0 aliphatic carbocycles. The minimum absolute atomic E-state index is 0.299. The van der Waals surface area contributed by atoms with Crippen LogP contribution in [0.3, 0.4) is 0 Å². The van der Waals surface area contributed by atoms with Crippen LogP contribution in [0.2, 0.25) is 0 Å². The molecule has 17 heavy (non-hydrogen) atoms. The average molecular weight is 261 g/mol. The molecule has 1 fully saturated rings. The first-order valence-corrected chi connectivity index (χ1v) is 7.26. The van der Waals surface area contributed by atoms with Crippen molar-refractivity contribution in [2.45, 2.75) is 43.9 Å². The van der Waals surface area contributed by atoms with Crippen molar-refractivity contribution in [3.63, 3.8) is 0 Å². The first kappa shape index (κ1) is 14.8. The van der Waals surface area contributed by atoms with Gasteiger partial charge in [0.15, 0.2) is 0 Å². The molecule has 0 aromatic carbocycles. The summed E-state index contributed by atoms with van der Waals surface area (Å²) in [5.74, 6) is 0.601. The van der Waals surface area contributed by atoms with E-state index in [4.69, 9.17) is 15.2 Å². The Labute approximate surface area is 108 Å².